The van der Waals surface area contributed by atoms with Crippen molar-refractivity contribution in [1.82, 2.24) is 9.97 Å². The summed E-state index contributed by atoms with van der Waals surface area (Å²) in [4.78, 5) is 7.79. The van der Waals surface area contributed by atoms with Crippen LogP contribution in [0, 0.1) is 6.92 Å². The van der Waals surface area contributed by atoms with Gasteiger partial charge in [-0.25, -0.2) is 4.98 Å². The minimum Gasteiger partial charge on any atom is -0.338 e. The van der Waals surface area contributed by atoms with Crippen LogP contribution in [-0.2, 0) is 0 Å². The van der Waals surface area contributed by atoms with Gasteiger partial charge in [-0.2, -0.15) is 0 Å². The third-order valence-electron chi connectivity index (χ3n) is 2.91. The van der Waals surface area contributed by atoms with Gasteiger partial charge in [-0.05, 0) is 24.6 Å². The Hall–Kier alpha value is -1.51. The molecule has 18 heavy (non-hydrogen) atoms. The van der Waals surface area contributed by atoms with Crippen molar-refractivity contribution in [2.24, 2.45) is 0 Å². The number of rotatable bonds is 1. The van der Waals surface area contributed by atoms with Gasteiger partial charge in [-0.1, -0.05) is 47.5 Å². The Labute approximate surface area is 115 Å². The van der Waals surface area contributed by atoms with Crippen molar-refractivity contribution in [3.63, 3.8) is 0 Å². The summed E-state index contributed by atoms with van der Waals surface area (Å²) < 4.78 is 0. The molecule has 90 valence electrons. The summed E-state index contributed by atoms with van der Waals surface area (Å²) in [5, 5.41) is 1.17. The lowest BCUT2D eigenvalue weighted by molar-refractivity contribution is 1.31. The Kier molecular flexibility index (Phi) is 2.77. The van der Waals surface area contributed by atoms with E-state index in [-0.39, 0.29) is 0 Å². The van der Waals surface area contributed by atoms with Crippen LogP contribution in [-0.4, -0.2) is 9.97 Å². The number of aromatic nitrogens is 2. The van der Waals surface area contributed by atoms with E-state index in [0.717, 1.165) is 22.4 Å². The van der Waals surface area contributed by atoms with Crippen LogP contribution in [0.1, 0.15) is 5.56 Å². The highest BCUT2D eigenvalue weighted by Crippen LogP contribution is 2.29. The topological polar surface area (TPSA) is 28.7 Å². The summed E-state index contributed by atoms with van der Waals surface area (Å²) in [6.45, 7) is 2.05. The van der Waals surface area contributed by atoms with Crippen LogP contribution in [0.15, 0.2) is 36.4 Å². The lowest BCUT2D eigenvalue weighted by Gasteiger charge is -2.00. The Morgan fingerprint density at radius 1 is 1.11 bits per heavy atom. The molecule has 4 heteroatoms. The lowest BCUT2D eigenvalue weighted by Crippen LogP contribution is -1.83. The van der Waals surface area contributed by atoms with E-state index in [0.29, 0.717) is 10.0 Å². The fraction of sp³-hybridized carbons (Fsp3) is 0.0714. The zero-order valence-corrected chi connectivity index (χ0v) is 11.2. The molecule has 0 spiro atoms. The maximum Gasteiger partial charge on any atom is 0.138 e. The SMILES string of the molecule is Cc1ccccc1-c1nc2c(Cl)cc(Cl)cc2[nH]1. The highest BCUT2D eigenvalue weighted by atomic mass is 35.5. The number of hydrogen-bond donors (Lipinski definition) is 1. The van der Waals surface area contributed by atoms with Crippen molar-refractivity contribution in [1.29, 1.82) is 0 Å². The van der Waals surface area contributed by atoms with Gasteiger partial charge in [0.05, 0.1) is 10.5 Å². The van der Waals surface area contributed by atoms with E-state index < -0.39 is 0 Å². The van der Waals surface area contributed by atoms with Gasteiger partial charge >= 0.3 is 0 Å². The first-order valence-corrected chi connectivity index (χ1v) is 6.31. The van der Waals surface area contributed by atoms with Crippen LogP contribution in [0.3, 0.4) is 0 Å². The average molecular weight is 277 g/mol. The van der Waals surface area contributed by atoms with Gasteiger partial charge in [0.25, 0.3) is 0 Å². The lowest BCUT2D eigenvalue weighted by atomic mass is 10.1. The second kappa shape index (κ2) is 4.30. The Bertz CT molecular complexity index is 732. The molecule has 0 unspecified atom stereocenters. The molecule has 0 saturated heterocycles. The Morgan fingerprint density at radius 3 is 2.67 bits per heavy atom. The third kappa shape index (κ3) is 1.88. The number of benzene rings is 2. The predicted molar refractivity (Wildman–Crippen MR) is 76.3 cm³/mol. The van der Waals surface area contributed by atoms with Gasteiger partial charge in [0.1, 0.15) is 11.3 Å². The second-order valence-corrected chi connectivity index (χ2v) is 5.03. The van der Waals surface area contributed by atoms with Crippen molar-refractivity contribution in [2.75, 3.05) is 0 Å². The number of fused-ring (bicyclic) bond motifs is 1. The quantitative estimate of drug-likeness (QED) is 0.677. The first-order chi connectivity index (χ1) is 8.65. The number of imidazole rings is 1. The number of aryl methyl sites for hydroxylation is 1. The van der Waals surface area contributed by atoms with Crippen LogP contribution in [0.25, 0.3) is 22.4 Å². The first-order valence-electron chi connectivity index (χ1n) is 5.56. The van der Waals surface area contributed by atoms with Gasteiger partial charge in [-0.3, -0.25) is 0 Å². The van der Waals surface area contributed by atoms with E-state index in [1.54, 1.807) is 6.07 Å². The van der Waals surface area contributed by atoms with E-state index in [1.807, 2.05) is 24.3 Å². The van der Waals surface area contributed by atoms with Crippen LogP contribution in [0.4, 0.5) is 0 Å². The highest BCUT2D eigenvalue weighted by Gasteiger charge is 2.10. The van der Waals surface area contributed by atoms with Crippen molar-refractivity contribution < 1.29 is 0 Å². The minimum atomic E-state index is 0.564. The predicted octanol–water partition coefficient (Wildman–Crippen LogP) is 4.85. The monoisotopic (exact) mass is 276 g/mol. The zero-order chi connectivity index (χ0) is 12.7. The Balaban J connectivity index is 2.26. The summed E-state index contributed by atoms with van der Waals surface area (Å²) in [5.74, 6) is 0.812. The van der Waals surface area contributed by atoms with Crippen LogP contribution >= 0.6 is 23.2 Å². The summed E-state index contributed by atoms with van der Waals surface area (Å²) >= 11 is 12.1. The minimum absolute atomic E-state index is 0.564. The number of halogens is 2. The number of nitrogens with zero attached hydrogens (tertiary/aromatic N) is 1. The molecular formula is C14H10Cl2N2. The number of aromatic amines is 1. The Morgan fingerprint density at radius 2 is 1.89 bits per heavy atom. The summed E-state index contributed by atoms with van der Waals surface area (Å²) in [7, 11) is 0. The fourth-order valence-electron chi connectivity index (χ4n) is 2.01. The third-order valence-corrected chi connectivity index (χ3v) is 3.41. The summed E-state index contributed by atoms with van der Waals surface area (Å²) in [6, 6.07) is 11.6. The molecule has 3 rings (SSSR count). The summed E-state index contributed by atoms with van der Waals surface area (Å²) in [6.07, 6.45) is 0. The molecule has 0 bridgehead atoms. The maximum atomic E-state index is 6.14. The van der Waals surface area contributed by atoms with Gasteiger partial charge in [0.2, 0.25) is 0 Å². The second-order valence-electron chi connectivity index (χ2n) is 4.18. The zero-order valence-electron chi connectivity index (χ0n) is 9.67. The van der Waals surface area contributed by atoms with E-state index in [9.17, 15) is 0 Å². The van der Waals surface area contributed by atoms with Gasteiger partial charge in [-0.15, -0.1) is 0 Å². The van der Waals surface area contributed by atoms with Crippen molar-refractivity contribution in [3.8, 4) is 11.4 Å². The number of hydrogen-bond acceptors (Lipinski definition) is 1. The smallest absolute Gasteiger partial charge is 0.138 e. The summed E-state index contributed by atoms with van der Waals surface area (Å²) in [5.41, 5.74) is 3.84. The molecule has 0 atom stereocenters. The molecular weight excluding hydrogens is 267 g/mol. The fourth-order valence-corrected chi connectivity index (χ4v) is 2.54. The molecule has 0 amide bonds. The van der Waals surface area contributed by atoms with E-state index in [2.05, 4.69) is 23.0 Å². The van der Waals surface area contributed by atoms with Crippen LogP contribution < -0.4 is 0 Å². The molecule has 2 aromatic carbocycles. The number of nitrogens with one attached hydrogen (secondary N) is 1. The van der Waals surface area contributed by atoms with E-state index in [1.165, 1.54) is 5.56 Å². The molecule has 0 aliphatic rings. The molecule has 0 radical (unpaired) electrons. The van der Waals surface area contributed by atoms with Gasteiger partial charge in [0.15, 0.2) is 0 Å². The average Bonchev–Trinajstić information content (AvgIpc) is 2.73. The normalized spacial score (nSPS) is 11.1. The van der Waals surface area contributed by atoms with Crippen LogP contribution in [0.2, 0.25) is 10.0 Å². The molecule has 3 aromatic rings. The molecule has 0 saturated carbocycles. The molecule has 1 N–H and O–H groups in total. The molecule has 2 nitrogen and oxygen atoms in total. The maximum absolute atomic E-state index is 6.14. The molecule has 0 fully saturated rings. The molecule has 0 aliphatic heterocycles. The van der Waals surface area contributed by atoms with Gasteiger partial charge in [0, 0.05) is 10.6 Å². The van der Waals surface area contributed by atoms with Crippen molar-refractivity contribution in [3.05, 3.63) is 52.0 Å². The van der Waals surface area contributed by atoms with Crippen molar-refractivity contribution in [2.45, 2.75) is 6.92 Å². The van der Waals surface area contributed by atoms with E-state index in [4.69, 9.17) is 23.2 Å². The van der Waals surface area contributed by atoms with Crippen molar-refractivity contribution >= 4 is 34.2 Å². The molecule has 0 aliphatic carbocycles. The first kappa shape index (κ1) is 11.6. The molecule has 1 heterocycles. The highest BCUT2D eigenvalue weighted by molar-refractivity contribution is 6.38. The van der Waals surface area contributed by atoms with Crippen LogP contribution in [0.5, 0.6) is 0 Å². The largest absolute Gasteiger partial charge is 0.338 e. The standard InChI is InChI=1S/C14H10Cl2N2/c1-8-4-2-3-5-10(8)14-17-12-7-9(15)6-11(16)13(12)18-14/h2-7H,1H3,(H,17,18). The number of H-pyrrole nitrogens is 1. The van der Waals surface area contributed by atoms with Gasteiger partial charge < -0.3 is 4.98 Å². The molecule has 1 aromatic heterocycles. The van der Waals surface area contributed by atoms with E-state index >= 15 is 0 Å².